The minimum atomic E-state index is 0. The van der Waals surface area contributed by atoms with Crippen LogP contribution >= 0.6 is 39.9 Å². The average Bonchev–Trinajstić information content (AvgIpc) is 2.33. The van der Waals surface area contributed by atoms with Crippen LogP contribution in [0.2, 0.25) is 5.02 Å². The maximum absolute atomic E-state index is 12.2. The number of benzene rings is 1. The molecule has 18 heavy (non-hydrogen) atoms. The van der Waals surface area contributed by atoms with Crippen molar-refractivity contribution < 1.29 is 4.79 Å². The van der Waals surface area contributed by atoms with Gasteiger partial charge in [-0.2, -0.15) is 0 Å². The van der Waals surface area contributed by atoms with Crippen LogP contribution in [0.5, 0.6) is 0 Å². The van der Waals surface area contributed by atoms with E-state index in [9.17, 15) is 4.79 Å². The number of nitrogens with two attached hydrogens (primary N) is 1. The third-order valence-corrected chi connectivity index (χ3v) is 4.21. The zero-order valence-electron chi connectivity index (χ0n) is 9.73. The van der Waals surface area contributed by atoms with E-state index >= 15 is 0 Å². The van der Waals surface area contributed by atoms with Crippen LogP contribution in [0, 0.1) is 0 Å². The lowest BCUT2D eigenvalue weighted by Gasteiger charge is -2.30. The van der Waals surface area contributed by atoms with Crippen molar-refractivity contribution in [3.8, 4) is 0 Å². The van der Waals surface area contributed by atoms with Crippen LogP contribution in [0.25, 0.3) is 0 Å². The molecule has 1 heterocycles. The van der Waals surface area contributed by atoms with E-state index in [0.717, 1.165) is 30.4 Å². The largest absolute Gasteiger partial charge is 0.339 e. The molecule has 1 amide bonds. The summed E-state index contributed by atoms with van der Waals surface area (Å²) in [6.07, 6.45) is 1.75. The van der Waals surface area contributed by atoms with E-state index in [1.165, 1.54) is 0 Å². The van der Waals surface area contributed by atoms with E-state index in [2.05, 4.69) is 15.9 Å². The minimum Gasteiger partial charge on any atom is -0.339 e. The molecule has 6 heteroatoms. The average molecular weight is 354 g/mol. The summed E-state index contributed by atoms with van der Waals surface area (Å²) >= 11 is 9.23. The summed E-state index contributed by atoms with van der Waals surface area (Å²) in [5, 5.41) is 0.613. The van der Waals surface area contributed by atoms with Gasteiger partial charge in [0.15, 0.2) is 0 Å². The SMILES string of the molecule is Cl.NC1CCN(C(=O)c2ccc(Cl)c(Br)c2)CC1. The van der Waals surface area contributed by atoms with Crippen molar-refractivity contribution >= 4 is 45.8 Å². The molecule has 0 radical (unpaired) electrons. The lowest BCUT2D eigenvalue weighted by atomic mass is 10.1. The first-order valence-electron chi connectivity index (χ1n) is 5.58. The fraction of sp³-hybridized carbons (Fsp3) is 0.417. The molecule has 1 saturated heterocycles. The molecule has 2 rings (SSSR count). The normalized spacial score (nSPS) is 16.3. The van der Waals surface area contributed by atoms with Crippen LogP contribution in [0.3, 0.4) is 0 Å². The van der Waals surface area contributed by atoms with Crippen molar-refractivity contribution in [1.82, 2.24) is 4.90 Å². The smallest absolute Gasteiger partial charge is 0.253 e. The number of carbonyl (C=O) groups excluding carboxylic acids is 1. The molecule has 0 spiro atoms. The Morgan fingerprint density at radius 1 is 1.39 bits per heavy atom. The number of hydrogen-bond donors (Lipinski definition) is 1. The van der Waals surface area contributed by atoms with Crippen LogP contribution in [-0.2, 0) is 0 Å². The first-order valence-corrected chi connectivity index (χ1v) is 6.75. The first kappa shape index (κ1) is 15.8. The van der Waals surface area contributed by atoms with Crippen LogP contribution in [0.4, 0.5) is 0 Å². The number of likely N-dealkylation sites (tertiary alicyclic amines) is 1. The summed E-state index contributed by atoms with van der Waals surface area (Å²) in [4.78, 5) is 14.0. The maximum atomic E-state index is 12.2. The molecule has 0 atom stereocenters. The third-order valence-electron chi connectivity index (χ3n) is 2.99. The number of nitrogens with zero attached hydrogens (tertiary/aromatic N) is 1. The van der Waals surface area contributed by atoms with E-state index in [1.54, 1.807) is 18.2 Å². The van der Waals surface area contributed by atoms with Crippen molar-refractivity contribution in [2.45, 2.75) is 18.9 Å². The molecule has 0 aromatic heterocycles. The minimum absolute atomic E-state index is 0. The highest BCUT2D eigenvalue weighted by atomic mass is 79.9. The van der Waals surface area contributed by atoms with Gasteiger partial charge < -0.3 is 10.6 Å². The van der Waals surface area contributed by atoms with E-state index < -0.39 is 0 Å². The van der Waals surface area contributed by atoms with Gasteiger partial charge in [0, 0.05) is 29.2 Å². The van der Waals surface area contributed by atoms with Gasteiger partial charge in [-0.05, 0) is 47.0 Å². The predicted molar refractivity (Wildman–Crippen MR) is 79.5 cm³/mol. The number of rotatable bonds is 1. The molecule has 0 saturated carbocycles. The second-order valence-electron chi connectivity index (χ2n) is 4.26. The van der Waals surface area contributed by atoms with Crippen molar-refractivity contribution in [3.05, 3.63) is 33.3 Å². The molecule has 100 valence electrons. The molecule has 1 aromatic carbocycles. The Bertz CT molecular complexity index is 434. The lowest BCUT2D eigenvalue weighted by Crippen LogP contribution is -2.42. The summed E-state index contributed by atoms with van der Waals surface area (Å²) < 4.78 is 0.749. The third kappa shape index (κ3) is 3.60. The zero-order chi connectivity index (χ0) is 12.4. The quantitative estimate of drug-likeness (QED) is 0.843. The van der Waals surface area contributed by atoms with Gasteiger partial charge in [0.25, 0.3) is 5.91 Å². The Balaban J connectivity index is 0.00000162. The van der Waals surface area contributed by atoms with Gasteiger partial charge in [-0.1, -0.05) is 11.6 Å². The number of amides is 1. The monoisotopic (exact) mass is 352 g/mol. The van der Waals surface area contributed by atoms with E-state index in [1.807, 2.05) is 4.90 Å². The number of piperidine rings is 1. The molecular formula is C12H15BrCl2N2O. The van der Waals surface area contributed by atoms with E-state index in [4.69, 9.17) is 17.3 Å². The Morgan fingerprint density at radius 3 is 2.56 bits per heavy atom. The Labute approximate surface area is 126 Å². The Morgan fingerprint density at radius 2 is 2.00 bits per heavy atom. The van der Waals surface area contributed by atoms with Crippen LogP contribution in [0.1, 0.15) is 23.2 Å². The van der Waals surface area contributed by atoms with Gasteiger partial charge in [0.2, 0.25) is 0 Å². The molecule has 2 N–H and O–H groups in total. The molecule has 1 aliphatic rings. The Hall–Kier alpha value is -0.290. The van der Waals surface area contributed by atoms with Gasteiger partial charge in [0.1, 0.15) is 0 Å². The molecule has 1 aliphatic heterocycles. The lowest BCUT2D eigenvalue weighted by molar-refractivity contribution is 0.0714. The highest BCUT2D eigenvalue weighted by molar-refractivity contribution is 9.10. The van der Waals surface area contributed by atoms with Crippen LogP contribution in [-0.4, -0.2) is 29.9 Å². The van der Waals surface area contributed by atoms with Crippen molar-refractivity contribution in [1.29, 1.82) is 0 Å². The zero-order valence-corrected chi connectivity index (χ0v) is 12.9. The topological polar surface area (TPSA) is 46.3 Å². The fourth-order valence-corrected chi connectivity index (χ4v) is 2.41. The summed E-state index contributed by atoms with van der Waals surface area (Å²) in [6, 6.07) is 5.48. The predicted octanol–water partition coefficient (Wildman–Crippen LogP) is 3.09. The molecule has 0 aliphatic carbocycles. The summed E-state index contributed by atoms with van der Waals surface area (Å²) in [6.45, 7) is 1.47. The van der Waals surface area contributed by atoms with Gasteiger partial charge in [-0.15, -0.1) is 12.4 Å². The standard InChI is InChI=1S/C12H14BrClN2O.ClH/c13-10-7-8(1-2-11(10)14)12(17)16-5-3-9(15)4-6-16;/h1-2,7,9H,3-6,15H2;1H. The summed E-state index contributed by atoms with van der Waals surface area (Å²) in [5.41, 5.74) is 6.48. The van der Waals surface area contributed by atoms with Gasteiger partial charge in [0.05, 0.1) is 5.02 Å². The molecule has 1 aromatic rings. The van der Waals surface area contributed by atoms with Crippen molar-refractivity contribution in [2.24, 2.45) is 5.73 Å². The second kappa shape index (κ2) is 6.75. The summed E-state index contributed by atoms with van der Waals surface area (Å²) in [5.74, 6) is 0.0502. The van der Waals surface area contributed by atoms with Gasteiger partial charge in [-0.25, -0.2) is 0 Å². The van der Waals surface area contributed by atoms with Crippen LogP contribution < -0.4 is 5.73 Å². The molecule has 3 nitrogen and oxygen atoms in total. The fourth-order valence-electron chi connectivity index (χ4n) is 1.91. The van der Waals surface area contributed by atoms with Gasteiger partial charge >= 0.3 is 0 Å². The number of hydrogen-bond acceptors (Lipinski definition) is 2. The number of halogens is 3. The first-order chi connectivity index (χ1) is 8.08. The summed E-state index contributed by atoms with van der Waals surface area (Å²) in [7, 11) is 0. The van der Waals surface area contributed by atoms with E-state index in [0.29, 0.717) is 10.6 Å². The maximum Gasteiger partial charge on any atom is 0.253 e. The highest BCUT2D eigenvalue weighted by Crippen LogP contribution is 2.24. The number of carbonyl (C=O) groups is 1. The van der Waals surface area contributed by atoms with Gasteiger partial charge in [-0.3, -0.25) is 4.79 Å². The van der Waals surface area contributed by atoms with E-state index in [-0.39, 0.29) is 24.4 Å². The molecule has 0 unspecified atom stereocenters. The van der Waals surface area contributed by atoms with Crippen molar-refractivity contribution in [3.63, 3.8) is 0 Å². The van der Waals surface area contributed by atoms with Crippen LogP contribution in [0.15, 0.2) is 22.7 Å². The molecular weight excluding hydrogens is 339 g/mol. The second-order valence-corrected chi connectivity index (χ2v) is 5.52. The molecule has 0 bridgehead atoms. The Kier molecular flexibility index (Phi) is 5.92. The molecule has 1 fully saturated rings. The highest BCUT2D eigenvalue weighted by Gasteiger charge is 2.21. The van der Waals surface area contributed by atoms with Crippen molar-refractivity contribution in [2.75, 3.05) is 13.1 Å².